The summed E-state index contributed by atoms with van der Waals surface area (Å²) in [5.74, 6) is -2.79. The van der Waals surface area contributed by atoms with Crippen LogP contribution in [0.1, 0.15) is 19.4 Å². The van der Waals surface area contributed by atoms with Gasteiger partial charge in [-0.25, -0.2) is 0 Å². The maximum Gasteiger partial charge on any atom is 0.329 e. The molecule has 0 amide bonds. The number of ether oxygens (including phenoxy) is 2. The zero-order valence-electron chi connectivity index (χ0n) is 10.9. The number of aliphatic hydroxyl groups excluding tert-OH is 1. The van der Waals surface area contributed by atoms with E-state index < -0.39 is 29.7 Å². The summed E-state index contributed by atoms with van der Waals surface area (Å²) in [4.78, 5) is 24.2. The molecule has 2 rings (SSSR count). The molecule has 0 atom stereocenters. The van der Waals surface area contributed by atoms with Gasteiger partial charge in [-0.05, 0) is 5.56 Å². The summed E-state index contributed by atoms with van der Waals surface area (Å²) in [6, 6.07) is 8.97. The number of carbonyl (C=O) groups is 2. The highest BCUT2D eigenvalue weighted by molar-refractivity contribution is 6.02. The van der Waals surface area contributed by atoms with Crippen molar-refractivity contribution in [3.63, 3.8) is 0 Å². The molecule has 1 aliphatic heterocycles. The van der Waals surface area contributed by atoms with Gasteiger partial charge in [-0.3, -0.25) is 9.59 Å². The zero-order valence-corrected chi connectivity index (χ0v) is 10.9. The summed E-state index contributed by atoms with van der Waals surface area (Å²) in [6.07, 6.45) is 0.0537. The summed E-state index contributed by atoms with van der Waals surface area (Å²) in [5, 5.41) is 9.51. The number of rotatable bonds is 3. The Labute approximate surface area is 111 Å². The summed E-state index contributed by atoms with van der Waals surface area (Å²) >= 11 is 0. The third-order valence-corrected chi connectivity index (χ3v) is 3.08. The maximum atomic E-state index is 12.1. The zero-order chi connectivity index (χ0) is 14.1. The standard InChI is InChI=1S/C14H16O5/c1-13(2)18-11(16)14(9-15,12(17)19-13)8-10-6-4-3-5-7-10/h3-7,15H,8-9H2,1-2H3. The van der Waals surface area contributed by atoms with E-state index in [1.165, 1.54) is 13.8 Å². The summed E-state index contributed by atoms with van der Waals surface area (Å²) in [5.41, 5.74) is -0.915. The molecule has 0 saturated carbocycles. The second kappa shape index (κ2) is 4.66. The molecule has 0 radical (unpaired) electrons. The summed E-state index contributed by atoms with van der Waals surface area (Å²) in [6.45, 7) is 2.31. The SMILES string of the molecule is CC1(C)OC(=O)C(CO)(Cc2ccccc2)C(=O)O1. The largest absolute Gasteiger partial charge is 0.422 e. The number of cyclic esters (lactones) is 2. The molecular weight excluding hydrogens is 248 g/mol. The Kier molecular flexibility index (Phi) is 3.32. The van der Waals surface area contributed by atoms with E-state index in [9.17, 15) is 14.7 Å². The third-order valence-electron chi connectivity index (χ3n) is 3.08. The van der Waals surface area contributed by atoms with Gasteiger partial charge in [-0.2, -0.15) is 0 Å². The molecule has 19 heavy (non-hydrogen) atoms. The van der Waals surface area contributed by atoms with Crippen LogP contribution in [0, 0.1) is 5.41 Å². The topological polar surface area (TPSA) is 72.8 Å². The van der Waals surface area contributed by atoms with E-state index in [0.29, 0.717) is 0 Å². The van der Waals surface area contributed by atoms with Gasteiger partial charge in [-0.1, -0.05) is 30.3 Å². The van der Waals surface area contributed by atoms with Crippen LogP contribution in [0.25, 0.3) is 0 Å². The Morgan fingerprint density at radius 1 is 1.05 bits per heavy atom. The van der Waals surface area contributed by atoms with E-state index in [2.05, 4.69) is 0 Å². The van der Waals surface area contributed by atoms with Crippen molar-refractivity contribution in [1.29, 1.82) is 0 Å². The first-order chi connectivity index (χ1) is 8.89. The second-order valence-electron chi connectivity index (χ2n) is 5.08. The Morgan fingerprint density at radius 3 is 2.05 bits per heavy atom. The number of benzene rings is 1. The van der Waals surface area contributed by atoms with Crippen LogP contribution in [0.3, 0.4) is 0 Å². The molecule has 1 saturated heterocycles. The number of hydrogen-bond acceptors (Lipinski definition) is 5. The van der Waals surface area contributed by atoms with E-state index in [-0.39, 0.29) is 6.42 Å². The fraction of sp³-hybridized carbons (Fsp3) is 0.429. The van der Waals surface area contributed by atoms with Crippen molar-refractivity contribution in [2.75, 3.05) is 6.61 Å². The lowest BCUT2D eigenvalue weighted by Gasteiger charge is -2.39. The molecule has 5 nitrogen and oxygen atoms in total. The molecule has 0 unspecified atom stereocenters. The molecule has 102 valence electrons. The molecule has 1 aliphatic rings. The molecule has 1 aromatic rings. The Morgan fingerprint density at radius 2 is 1.58 bits per heavy atom. The highest BCUT2D eigenvalue weighted by Gasteiger charge is 2.55. The van der Waals surface area contributed by atoms with Crippen LogP contribution in [-0.2, 0) is 25.5 Å². The molecular formula is C14H16O5. The Bertz CT molecular complexity index is 472. The first-order valence-corrected chi connectivity index (χ1v) is 6.01. The first-order valence-electron chi connectivity index (χ1n) is 6.01. The molecule has 1 N–H and O–H groups in total. The first kappa shape index (κ1) is 13.5. The molecule has 0 spiro atoms. The molecule has 1 fully saturated rings. The monoisotopic (exact) mass is 264 g/mol. The van der Waals surface area contributed by atoms with E-state index in [1.54, 1.807) is 24.3 Å². The van der Waals surface area contributed by atoms with Crippen molar-refractivity contribution in [3.05, 3.63) is 35.9 Å². The summed E-state index contributed by atoms with van der Waals surface area (Å²) < 4.78 is 10.2. The molecule has 1 aromatic carbocycles. The van der Waals surface area contributed by atoms with E-state index >= 15 is 0 Å². The fourth-order valence-electron chi connectivity index (χ4n) is 2.02. The van der Waals surface area contributed by atoms with E-state index in [0.717, 1.165) is 5.56 Å². The van der Waals surface area contributed by atoms with Crippen molar-refractivity contribution >= 4 is 11.9 Å². The minimum absolute atomic E-state index is 0.0537. The van der Waals surface area contributed by atoms with Gasteiger partial charge in [0.2, 0.25) is 0 Å². The van der Waals surface area contributed by atoms with E-state index in [4.69, 9.17) is 9.47 Å². The van der Waals surface area contributed by atoms with Crippen LogP contribution in [0.15, 0.2) is 30.3 Å². The van der Waals surface area contributed by atoms with Crippen molar-refractivity contribution in [1.82, 2.24) is 0 Å². The van der Waals surface area contributed by atoms with Crippen LogP contribution < -0.4 is 0 Å². The van der Waals surface area contributed by atoms with Gasteiger partial charge >= 0.3 is 11.9 Å². The maximum absolute atomic E-state index is 12.1. The molecule has 0 aliphatic carbocycles. The Balaban J connectivity index is 2.32. The van der Waals surface area contributed by atoms with Gasteiger partial charge in [0.25, 0.3) is 5.79 Å². The highest BCUT2D eigenvalue weighted by Crippen LogP contribution is 2.35. The highest BCUT2D eigenvalue weighted by atomic mass is 16.7. The van der Waals surface area contributed by atoms with Crippen molar-refractivity contribution in [2.24, 2.45) is 5.41 Å². The average molecular weight is 264 g/mol. The lowest BCUT2D eigenvalue weighted by atomic mass is 9.81. The van der Waals surface area contributed by atoms with Gasteiger partial charge in [0.1, 0.15) is 0 Å². The smallest absolute Gasteiger partial charge is 0.329 e. The third kappa shape index (κ3) is 2.46. The van der Waals surface area contributed by atoms with Crippen molar-refractivity contribution in [3.8, 4) is 0 Å². The van der Waals surface area contributed by atoms with Crippen molar-refractivity contribution < 1.29 is 24.2 Å². The minimum atomic E-state index is -1.67. The average Bonchev–Trinajstić information content (AvgIpc) is 2.34. The number of hydrogen-bond donors (Lipinski definition) is 1. The van der Waals surface area contributed by atoms with Crippen LogP contribution in [0.4, 0.5) is 0 Å². The van der Waals surface area contributed by atoms with Crippen LogP contribution >= 0.6 is 0 Å². The van der Waals surface area contributed by atoms with Crippen LogP contribution in [0.2, 0.25) is 0 Å². The van der Waals surface area contributed by atoms with Crippen LogP contribution in [-0.4, -0.2) is 29.4 Å². The lowest BCUT2D eigenvalue weighted by Crippen LogP contribution is -2.56. The van der Waals surface area contributed by atoms with Crippen molar-refractivity contribution in [2.45, 2.75) is 26.1 Å². The normalized spacial score (nSPS) is 20.6. The quantitative estimate of drug-likeness (QED) is 0.652. The molecule has 0 bridgehead atoms. The molecule has 5 heteroatoms. The Hall–Kier alpha value is -1.88. The number of aliphatic hydroxyl groups is 1. The predicted molar refractivity (Wildman–Crippen MR) is 65.9 cm³/mol. The lowest BCUT2D eigenvalue weighted by molar-refractivity contribution is -0.253. The fourth-order valence-corrected chi connectivity index (χ4v) is 2.02. The van der Waals surface area contributed by atoms with Gasteiger partial charge in [0, 0.05) is 20.3 Å². The minimum Gasteiger partial charge on any atom is -0.422 e. The van der Waals surface area contributed by atoms with E-state index in [1.807, 2.05) is 6.07 Å². The van der Waals surface area contributed by atoms with Gasteiger partial charge in [0.15, 0.2) is 5.41 Å². The van der Waals surface area contributed by atoms with Crippen LogP contribution in [0.5, 0.6) is 0 Å². The predicted octanol–water partition coefficient (Wildman–Crippen LogP) is 1.04. The number of carbonyl (C=O) groups excluding carboxylic acids is 2. The van der Waals surface area contributed by atoms with Gasteiger partial charge in [0.05, 0.1) is 6.61 Å². The second-order valence-corrected chi connectivity index (χ2v) is 5.08. The van der Waals surface area contributed by atoms with Gasteiger partial charge < -0.3 is 14.6 Å². The van der Waals surface area contributed by atoms with Gasteiger partial charge in [-0.15, -0.1) is 0 Å². The molecule has 1 heterocycles. The molecule has 0 aromatic heterocycles. The summed E-state index contributed by atoms with van der Waals surface area (Å²) in [7, 11) is 0. The number of esters is 2.